The zero-order valence-electron chi connectivity index (χ0n) is 15.2. The predicted molar refractivity (Wildman–Crippen MR) is 96.8 cm³/mol. The largest absolute Gasteiger partial charge is 0.468 e. The number of pyridine rings is 1. The van der Waals surface area contributed by atoms with Crippen LogP contribution in [0.3, 0.4) is 0 Å². The van der Waals surface area contributed by atoms with E-state index < -0.39 is 0 Å². The second kappa shape index (κ2) is 6.94. The number of fused-ring (bicyclic) bond motifs is 1. The molecule has 5 nitrogen and oxygen atoms in total. The summed E-state index contributed by atoms with van der Waals surface area (Å²) in [7, 11) is 2.15. The van der Waals surface area contributed by atoms with Crippen LogP contribution in [0.5, 0.6) is 5.88 Å². The SMILES string of the molecule is CN1CCC2(CC1)CN(CC1CCCCC1)C(=O)c1cccnc1O2. The van der Waals surface area contributed by atoms with Gasteiger partial charge in [-0.3, -0.25) is 4.79 Å². The molecular formula is C20H29N3O2. The summed E-state index contributed by atoms with van der Waals surface area (Å²) in [5.41, 5.74) is 0.352. The number of likely N-dealkylation sites (tertiary alicyclic amines) is 1. The van der Waals surface area contributed by atoms with Crippen molar-refractivity contribution < 1.29 is 9.53 Å². The Hall–Kier alpha value is -1.62. The van der Waals surface area contributed by atoms with E-state index in [4.69, 9.17) is 4.74 Å². The molecule has 0 N–H and O–H groups in total. The third kappa shape index (κ3) is 3.52. The Balaban J connectivity index is 1.62. The maximum absolute atomic E-state index is 13.2. The van der Waals surface area contributed by atoms with Crippen LogP contribution in [0.2, 0.25) is 0 Å². The average molecular weight is 343 g/mol. The van der Waals surface area contributed by atoms with E-state index in [9.17, 15) is 4.79 Å². The number of hydrogen-bond donors (Lipinski definition) is 0. The third-order valence-electron chi connectivity index (χ3n) is 6.18. The van der Waals surface area contributed by atoms with Crippen molar-refractivity contribution in [2.24, 2.45) is 5.92 Å². The standard InChI is InChI=1S/C20H29N3O2/c1-22-12-9-20(10-13-22)15-23(14-16-6-3-2-4-7-16)19(24)17-8-5-11-21-18(17)25-20/h5,8,11,16H,2-4,6-7,9-10,12-15H2,1H3. The predicted octanol–water partition coefficient (Wildman–Crippen LogP) is 2.96. The maximum Gasteiger partial charge on any atom is 0.259 e. The fourth-order valence-electron chi connectivity index (χ4n) is 4.58. The van der Waals surface area contributed by atoms with Gasteiger partial charge in [0.05, 0.1) is 6.54 Å². The molecule has 0 unspecified atom stereocenters. The van der Waals surface area contributed by atoms with E-state index in [0.717, 1.165) is 32.5 Å². The van der Waals surface area contributed by atoms with Crippen LogP contribution in [0.15, 0.2) is 18.3 Å². The summed E-state index contributed by atoms with van der Waals surface area (Å²) in [5, 5.41) is 0. The lowest BCUT2D eigenvalue weighted by Crippen LogP contribution is -2.54. The van der Waals surface area contributed by atoms with Crippen LogP contribution in [0, 0.1) is 5.92 Å². The Labute approximate surface area is 150 Å². The molecule has 25 heavy (non-hydrogen) atoms. The van der Waals surface area contributed by atoms with Gasteiger partial charge in [0, 0.05) is 38.7 Å². The average Bonchev–Trinajstić information content (AvgIpc) is 2.75. The van der Waals surface area contributed by atoms with E-state index in [0.29, 0.717) is 23.9 Å². The van der Waals surface area contributed by atoms with Gasteiger partial charge in [0.15, 0.2) is 0 Å². The van der Waals surface area contributed by atoms with Crippen molar-refractivity contribution in [1.29, 1.82) is 0 Å². The fourth-order valence-corrected chi connectivity index (χ4v) is 4.58. The molecule has 0 aromatic carbocycles. The molecule has 1 saturated carbocycles. The molecule has 1 aromatic rings. The first-order valence-corrected chi connectivity index (χ1v) is 9.77. The van der Waals surface area contributed by atoms with Gasteiger partial charge >= 0.3 is 0 Å². The second-order valence-electron chi connectivity index (χ2n) is 8.13. The summed E-state index contributed by atoms with van der Waals surface area (Å²) < 4.78 is 6.42. The van der Waals surface area contributed by atoms with Gasteiger partial charge in [-0.25, -0.2) is 4.98 Å². The lowest BCUT2D eigenvalue weighted by Gasteiger charge is -2.42. The Bertz CT molecular complexity index is 619. The number of carbonyl (C=O) groups excluding carboxylic acids is 1. The minimum atomic E-state index is -0.281. The van der Waals surface area contributed by atoms with E-state index in [1.807, 2.05) is 12.1 Å². The van der Waals surface area contributed by atoms with Crippen LogP contribution in [-0.4, -0.2) is 59.5 Å². The molecular weight excluding hydrogens is 314 g/mol. The van der Waals surface area contributed by atoms with E-state index in [-0.39, 0.29) is 11.5 Å². The summed E-state index contributed by atoms with van der Waals surface area (Å²) in [6, 6.07) is 3.71. The first kappa shape index (κ1) is 16.8. The Morgan fingerprint density at radius 2 is 2.00 bits per heavy atom. The highest BCUT2D eigenvalue weighted by Crippen LogP contribution is 2.35. The fraction of sp³-hybridized carbons (Fsp3) is 0.700. The van der Waals surface area contributed by atoms with Crippen LogP contribution in [-0.2, 0) is 0 Å². The van der Waals surface area contributed by atoms with Gasteiger partial charge in [-0.2, -0.15) is 0 Å². The Kier molecular flexibility index (Phi) is 4.67. The normalized spacial score (nSPS) is 24.7. The second-order valence-corrected chi connectivity index (χ2v) is 8.13. The highest BCUT2D eigenvalue weighted by atomic mass is 16.5. The molecule has 4 rings (SSSR count). The topological polar surface area (TPSA) is 45.7 Å². The van der Waals surface area contributed by atoms with Gasteiger partial charge in [-0.15, -0.1) is 0 Å². The van der Waals surface area contributed by atoms with Gasteiger partial charge < -0.3 is 14.5 Å². The van der Waals surface area contributed by atoms with Crippen molar-refractivity contribution in [2.45, 2.75) is 50.5 Å². The molecule has 2 fully saturated rings. The number of aromatic nitrogens is 1. The number of rotatable bonds is 2. The molecule has 1 saturated heterocycles. The van der Waals surface area contributed by atoms with Gasteiger partial charge in [0.2, 0.25) is 5.88 Å². The molecule has 5 heteroatoms. The zero-order chi connectivity index (χ0) is 17.3. The van der Waals surface area contributed by atoms with Gasteiger partial charge in [-0.05, 0) is 37.9 Å². The van der Waals surface area contributed by atoms with Crippen LogP contribution >= 0.6 is 0 Å². The molecule has 0 bridgehead atoms. The monoisotopic (exact) mass is 343 g/mol. The smallest absolute Gasteiger partial charge is 0.259 e. The summed E-state index contributed by atoms with van der Waals surface area (Å²) in [4.78, 5) is 22.0. The first-order chi connectivity index (χ1) is 12.2. The third-order valence-corrected chi connectivity index (χ3v) is 6.18. The van der Waals surface area contributed by atoms with Crippen molar-refractivity contribution in [3.05, 3.63) is 23.9 Å². The van der Waals surface area contributed by atoms with Gasteiger partial charge in [0.1, 0.15) is 11.2 Å². The Morgan fingerprint density at radius 3 is 2.76 bits per heavy atom. The summed E-state index contributed by atoms with van der Waals surface area (Å²) >= 11 is 0. The van der Waals surface area contributed by atoms with Crippen molar-refractivity contribution in [3.63, 3.8) is 0 Å². The number of hydrogen-bond acceptors (Lipinski definition) is 4. The summed E-state index contributed by atoms with van der Waals surface area (Å²) in [6.07, 6.45) is 10.1. The number of amides is 1. The molecule has 1 spiro atoms. The lowest BCUT2D eigenvalue weighted by molar-refractivity contribution is -0.0156. The number of carbonyl (C=O) groups is 1. The van der Waals surface area contributed by atoms with Crippen LogP contribution < -0.4 is 4.74 Å². The molecule has 0 radical (unpaired) electrons. The molecule has 2 aliphatic heterocycles. The quantitative estimate of drug-likeness (QED) is 0.828. The zero-order valence-corrected chi connectivity index (χ0v) is 15.2. The van der Waals surface area contributed by atoms with Gasteiger partial charge in [0.25, 0.3) is 5.91 Å². The number of nitrogens with zero attached hydrogens (tertiary/aromatic N) is 3. The van der Waals surface area contributed by atoms with E-state index in [1.165, 1.54) is 32.1 Å². The van der Waals surface area contributed by atoms with E-state index in [2.05, 4.69) is 21.8 Å². The highest BCUT2D eigenvalue weighted by molar-refractivity contribution is 5.96. The minimum absolute atomic E-state index is 0.101. The molecule has 0 atom stereocenters. The number of ether oxygens (including phenoxy) is 1. The summed E-state index contributed by atoms with van der Waals surface area (Å²) in [6.45, 7) is 3.59. The summed E-state index contributed by atoms with van der Waals surface area (Å²) in [5.74, 6) is 1.27. The van der Waals surface area contributed by atoms with Crippen molar-refractivity contribution in [1.82, 2.24) is 14.8 Å². The number of piperidine rings is 1. The van der Waals surface area contributed by atoms with Crippen molar-refractivity contribution in [3.8, 4) is 5.88 Å². The molecule has 1 aliphatic carbocycles. The Morgan fingerprint density at radius 1 is 1.24 bits per heavy atom. The molecule has 3 aliphatic rings. The molecule has 136 valence electrons. The first-order valence-electron chi connectivity index (χ1n) is 9.77. The molecule has 3 heterocycles. The van der Waals surface area contributed by atoms with Crippen molar-refractivity contribution in [2.75, 3.05) is 33.2 Å². The molecule has 1 amide bonds. The van der Waals surface area contributed by atoms with E-state index >= 15 is 0 Å². The van der Waals surface area contributed by atoms with E-state index in [1.54, 1.807) is 6.20 Å². The van der Waals surface area contributed by atoms with Crippen LogP contribution in [0.1, 0.15) is 55.3 Å². The van der Waals surface area contributed by atoms with Gasteiger partial charge in [-0.1, -0.05) is 19.3 Å². The maximum atomic E-state index is 13.2. The van der Waals surface area contributed by atoms with Crippen molar-refractivity contribution >= 4 is 5.91 Å². The minimum Gasteiger partial charge on any atom is -0.468 e. The lowest BCUT2D eigenvalue weighted by atomic mass is 9.87. The van der Waals surface area contributed by atoms with Crippen LogP contribution in [0.25, 0.3) is 0 Å². The highest BCUT2D eigenvalue weighted by Gasteiger charge is 2.43. The molecule has 1 aromatic heterocycles. The van der Waals surface area contributed by atoms with Crippen LogP contribution in [0.4, 0.5) is 0 Å².